The number of carbonyl (C=O) groups is 3. The van der Waals surface area contributed by atoms with Crippen molar-refractivity contribution in [2.45, 2.75) is 304 Å². The van der Waals surface area contributed by atoms with E-state index in [2.05, 4.69) is 16.0 Å². The Morgan fingerprint density at radius 3 is 1.06 bits per heavy atom. The number of carbonyl (C=O) groups excluding carboxylic acids is 3. The zero-order valence-electron chi connectivity index (χ0n) is 58.0. The van der Waals surface area contributed by atoms with Gasteiger partial charge in [-0.2, -0.15) is 0 Å². The van der Waals surface area contributed by atoms with Crippen LogP contribution in [0, 0.1) is 0 Å². The molecule has 108 heavy (non-hydrogen) atoms. The van der Waals surface area contributed by atoms with Crippen LogP contribution < -0.4 is 16.0 Å². The first kappa shape index (κ1) is 88.7. The zero-order valence-corrected chi connectivity index (χ0v) is 58.0. The first-order valence-electron chi connectivity index (χ1n) is 34.5. The maximum atomic E-state index is 13.1. The SMILES string of the molecule is CC(=O)N[C@@H]1[C@@H](O)[C@H](O[C@@H]2O[C@H](CO)[C@@H](O[C@@H]3O[C@H](CO[C@H]4O[C@H](CO[C@H]5O[C@H](CO)[C@@H](O)[C@H](O)[C@@H]5O)[C@@H](O)[C@H](O[C@H]5O[C@H](CO)[C@@H](O)[C@H](O)[C@@H]5O)[C@@H]4O)[C@@H](O)[C@H](O[C@H]4O[C@H](CO)[C@@H](O)[C@H](O)[C@@H]4O[C@@H]4O[C@H](CO)[C@@H](O)[C@H](O)[C@H]4NC(C)=O)[C@@H]3O)[C@H](O)[C@H]2NC(C)=O)[C@@H](CO[C@@H]2O[C@@H](C)[C@@H](O)[C@@H](O)[C@@H]2O)O[C@H]1O. The van der Waals surface area contributed by atoms with E-state index < -0.39 is 347 Å². The summed E-state index contributed by atoms with van der Waals surface area (Å²) in [6.45, 7) is -4.11. The number of aliphatic hydroxyl groups is 25. The lowest BCUT2D eigenvalue weighted by Gasteiger charge is -2.51. The summed E-state index contributed by atoms with van der Waals surface area (Å²) in [7, 11) is 0. The second-order valence-electron chi connectivity index (χ2n) is 27.5. The van der Waals surface area contributed by atoms with Crippen LogP contribution in [0.4, 0.5) is 0 Å². The quantitative estimate of drug-likeness (QED) is 0.0363. The Hall–Kier alpha value is -3.27. The predicted octanol–water partition coefficient (Wildman–Crippen LogP) is -19.2. The highest BCUT2D eigenvalue weighted by Crippen LogP contribution is 2.39. The van der Waals surface area contributed by atoms with Crippen LogP contribution in [0.2, 0.25) is 0 Å². The Morgan fingerprint density at radius 1 is 0.259 bits per heavy atom. The van der Waals surface area contributed by atoms with Gasteiger partial charge in [0.05, 0.1) is 59.0 Å². The van der Waals surface area contributed by atoms with E-state index >= 15 is 0 Å². The lowest BCUT2D eigenvalue weighted by atomic mass is 9.93. The Bertz CT molecular complexity index is 2820. The van der Waals surface area contributed by atoms with Crippen LogP contribution in [0.15, 0.2) is 0 Å². The molecule has 0 spiro atoms. The molecule has 48 nitrogen and oxygen atoms in total. The molecule has 9 aliphatic rings. The fourth-order valence-corrected chi connectivity index (χ4v) is 13.8. The standard InChI is InChI=1S/C60H101N3O45/c1-13-28(72)38(82)42(86)55(95-13)94-12-24-48(36(80)25(52(91)96-24)61-14(2)69)104-54-27(63-16(4)71)37(81)47(21(9-68)101-54)105-59-46(90)50(107-60-51(41(85)32(76)20(8-67)100-60)108-53-26(62-15(3)70)35(79)29(73)17(5-64)97-53)34(78)23(103-59)11-93-57-45(89)49(106-58-44(88)40(84)31(75)19(7-66)99-58)33(77)22(102-57)10-92-56-43(87)39(83)30(74)18(6-65)98-56/h13,17-60,64-68,72-91H,5-12H2,1-4H3,(H,61,69)(H,62,70)(H,63,71)/t13-,17+,18+,19+,20+,21+,22+,23+,24+,25+,26+,27+,28+,29+,30+,31+,32+,33+,34+,35+,36+,37+,38+,39-,40-,41-,42-,43-,44-,45-,46-,47+,48+,49-,50-,51-,52+,53-,54-,55+,56-,57-,58+,59-,60+/m0/s1. The van der Waals surface area contributed by atoms with Crippen molar-refractivity contribution in [3.8, 4) is 0 Å². The fraction of sp³-hybridized carbons (Fsp3) is 0.950. The molecule has 0 bridgehead atoms. The summed E-state index contributed by atoms with van der Waals surface area (Å²) in [6.07, 6.45) is -85.6. The Balaban J connectivity index is 1.05. The van der Waals surface area contributed by atoms with Gasteiger partial charge in [0.15, 0.2) is 56.6 Å². The minimum Gasteiger partial charge on any atom is -0.394 e. The summed E-state index contributed by atoms with van der Waals surface area (Å²) >= 11 is 0. The maximum Gasteiger partial charge on any atom is 0.217 e. The van der Waals surface area contributed by atoms with Crippen LogP contribution in [0.25, 0.3) is 0 Å². The fourth-order valence-electron chi connectivity index (χ4n) is 13.8. The third-order valence-corrected chi connectivity index (χ3v) is 19.9. The zero-order chi connectivity index (χ0) is 79.5. The molecule has 0 aromatic carbocycles. The molecule has 0 saturated carbocycles. The van der Waals surface area contributed by atoms with E-state index in [1.54, 1.807) is 0 Å². The van der Waals surface area contributed by atoms with Gasteiger partial charge in [0.25, 0.3) is 0 Å². The van der Waals surface area contributed by atoms with E-state index in [1.807, 2.05) is 0 Å². The number of aliphatic hydroxyl groups excluding tert-OH is 25. The summed E-state index contributed by atoms with van der Waals surface area (Å²) in [5.74, 6) is -2.66. The van der Waals surface area contributed by atoms with Crippen LogP contribution in [0.1, 0.15) is 27.7 Å². The van der Waals surface area contributed by atoms with Crippen LogP contribution >= 0.6 is 0 Å². The summed E-state index contributed by atoms with van der Waals surface area (Å²) in [4.78, 5) is 38.0. The van der Waals surface area contributed by atoms with Crippen LogP contribution in [-0.4, -0.2) is 474 Å². The minimum atomic E-state index is -2.55. The largest absolute Gasteiger partial charge is 0.394 e. The normalized spacial score (nSPS) is 50.4. The third-order valence-electron chi connectivity index (χ3n) is 19.9. The summed E-state index contributed by atoms with van der Waals surface area (Å²) < 4.78 is 99.6. The average molecular weight is 1580 g/mol. The number of rotatable bonds is 27. The molecule has 9 rings (SSSR count). The number of hydrogen-bond acceptors (Lipinski definition) is 45. The topological polar surface area (TPSA) is 750 Å². The molecule has 45 atom stereocenters. The van der Waals surface area contributed by atoms with Crippen LogP contribution in [0.5, 0.6) is 0 Å². The average Bonchev–Trinajstić information content (AvgIpc) is 0.770. The van der Waals surface area contributed by atoms with Gasteiger partial charge in [0.2, 0.25) is 17.7 Å². The summed E-state index contributed by atoms with van der Waals surface area (Å²) in [6, 6.07) is -5.50. The molecule has 48 heteroatoms. The van der Waals surface area contributed by atoms with Gasteiger partial charge >= 0.3 is 0 Å². The Kier molecular flexibility index (Phi) is 31.6. The number of hydrogen-bond donors (Lipinski definition) is 28. The molecular formula is C60H101N3O45. The summed E-state index contributed by atoms with van der Waals surface area (Å²) in [5, 5.41) is 283. The van der Waals surface area contributed by atoms with Crippen molar-refractivity contribution in [1.29, 1.82) is 0 Å². The second-order valence-corrected chi connectivity index (χ2v) is 27.5. The molecule has 9 saturated heterocycles. The second kappa shape index (κ2) is 38.5. The molecular weight excluding hydrogens is 1480 g/mol. The molecule has 9 aliphatic heterocycles. The van der Waals surface area contributed by atoms with Gasteiger partial charge in [-0.05, 0) is 6.92 Å². The molecule has 0 unspecified atom stereocenters. The molecule has 9 fully saturated rings. The highest BCUT2D eigenvalue weighted by molar-refractivity contribution is 5.74. The van der Waals surface area contributed by atoms with Gasteiger partial charge in [-0.3, -0.25) is 14.4 Å². The van der Waals surface area contributed by atoms with Gasteiger partial charge in [0, 0.05) is 20.8 Å². The van der Waals surface area contributed by atoms with Crippen molar-refractivity contribution in [2.75, 3.05) is 52.9 Å². The van der Waals surface area contributed by atoms with E-state index in [0.29, 0.717) is 0 Å². The monoisotopic (exact) mass is 1580 g/mol. The van der Waals surface area contributed by atoms with E-state index in [4.69, 9.17) is 80.5 Å². The first-order chi connectivity index (χ1) is 51.0. The van der Waals surface area contributed by atoms with Crippen molar-refractivity contribution in [3.05, 3.63) is 0 Å². The molecule has 0 aliphatic carbocycles. The van der Waals surface area contributed by atoms with Crippen molar-refractivity contribution >= 4 is 17.7 Å². The first-order valence-corrected chi connectivity index (χ1v) is 34.5. The van der Waals surface area contributed by atoms with Crippen molar-refractivity contribution in [3.63, 3.8) is 0 Å². The van der Waals surface area contributed by atoms with Gasteiger partial charge in [0.1, 0.15) is 213 Å². The van der Waals surface area contributed by atoms with Gasteiger partial charge in [-0.25, -0.2) is 0 Å². The number of nitrogens with one attached hydrogen (secondary N) is 3. The highest BCUT2D eigenvalue weighted by Gasteiger charge is 2.60. The summed E-state index contributed by atoms with van der Waals surface area (Å²) in [5.41, 5.74) is 0. The molecule has 9 heterocycles. The molecule has 0 aromatic rings. The van der Waals surface area contributed by atoms with E-state index in [9.17, 15) is 142 Å². The maximum absolute atomic E-state index is 13.1. The van der Waals surface area contributed by atoms with Crippen molar-refractivity contribution in [1.82, 2.24) is 16.0 Å². The van der Waals surface area contributed by atoms with E-state index in [1.165, 1.54) is 6.92 Å². The highest BCUT2D eigenvalue weighted by atomic mass is 16.8. The lowest BCUT2D eigenvalue weighted by molar-refractivity contribution is -0.396. The molecule has 626 valence electrons. The molecule has 28 N–H and O–H groups in total. The van der Waals surface area contributed by atoms with E-state index in [0.717, 1.165) is 20.8 Å². The number of ether oxygens (including phenoxy) is 17. The molecule has 0 radical (unpaired) electrons. The van der Waals surface area contributed by atoms with Crippen molar-refractivity contribution in [2.24, 2.45) is 0 Å². The number of amides is 3. The van der Waals surface area contributed by atoms with E-state index in [-0.39, 0.29) is 0 Å². The predicted molar refractivity (Wildman–Crippen MR) is 330 cm³/mol. The third kappa shape index (κ3) is 19.5. The smallest absolute Gasteiger partial charge is 0.217 e. The molecule has 0 aromatic heterocycles. The lowest BCUT2D eigenvalue weighted by Crippen LogP contribution is -2.71. The van der Waals surface area contributed by atoms with Crippen LogP contribution in [0.3, 0.4) is 0 Å². The Labute approximate surface area is 611 Å². The minimum absolute atomic E-state index is 0.826. The van der Waals surface area contributed by atoms with Gasteiger partial charge < -0.3 is 224 Å². The van der Waals surface area contributed by atoms with Crippen LogP contribution in [-0.2, 0) is 94.9 Å². The van der Waals surface area contributed by atoms with Gasteiger partial charge in [-0.15, -0.1) is 0 Å². The molecule has 3 amide bonds. The Morgan fingerprint density at radius 2 is 0.565 bits per heavy atom. The van der Waals surface area contributed by atoms with Crippen molar-refractivity contribution < 1.29 is 223 Å². The van der Waals surface area contributed by atoms with Gasteiger partial charge in [-0.1, -0.05) is 0 Å².